The molecule has 0 aliphatic heterocycles. The molecule has 2 heteroatoms. The summed E-state index contributed by atoms with van der Waals surface area (Å²) >= 11 is 0. The normalized spacial score (nSPS) is 54.3. The van der Waals surface area contributed by atoms with Crippen LogP contribution in [0.4, 0.5) is 0 Å². The van der Waals surface area contributed by atoms with Crippen molar-refractivity contribution < 1.29 is 9.90 Å². The summed E-state index contributed by atoms with van der Waals surface area (Å²) in [5.41, 5.74) is 2.29. The van der Waals surface area contributed by atoms with Crippen LogP contribution in [0.2, 0.25) is 0 Å². The van der Waals surface area contributed by atoms with E-state index in [9.17, 15) is 9.90 Å². The van der Waals surface area contributed by atoms with E-state index in [1.807, 2.05) is 0 Å². The number of rotatable bonds is 1. The lowest BCUT2D eigenvalue weighted by molar-refractivity contribution is -0.178. The third-order valence-electron chi connectivity index (χ3n) is 13.2. The number of carbonyl (C=O) groups is 1. The SMILES string of the molecule is CC1CC[C@]2(C(=O)O)CCC3C(=CCC4C3(C)CCC3C(C)(C)C(C)CCC34C)C2[C@H]1C. The van der Waals surface area contributed by atoms with Gasteiger partial charge in [-0.05, 0) is 115 Å². The molecule has 5 rings (SSSR count). The molecule has 2 nitrogen and oxygen atoms in total. The molecule has 0 radical (unpaired) electrons. The summed E-state index contributed by atoms with van der Waals surface area (Å²) in [6, 6.07) is 0. The van der Waals surface area contributed by atoms with Gasteiger partial charge in [0.15, 0.2) is 0 Å². The molecule has 0 bridgehead atoms. The molecule has 0 aromatic carbocycles. The molecule has 4 saturated carbocycles. The van der Waals surface area contributed by atoms with Crippen molar-refractivity contribution in [2.75, 3.05) is 0 Å². The van der Waals surface area contributed by atoms with Crippen LogP contribution in [-0.2, 0) is 4.79 Å². The van der Waals surface area contributed by atoms with Gasteiger partial charge in [0.1, 0.15) is 0 Å². The van der Waals surface area contributed by atoms with Gasteiger partial charge in [0.05, 0.1) is 5.41 Å². The van der Waals surface area contributed by atoms with Crippen LogP contribution in [0.3, 0.4) is 0 Å². The highest BCUT2D eigenvalue weighted by molar-refractivity contribution is 5.76. The maximum atomic E-state index is 12.7. The molecule has 5 aliphatic rings. The zero-order valence-electron chi connectivity index (χ0n) is 21.8. The van der Waals surface area contributed by atoms with Crippen molar-refractivity contribution in [3.63, 3.8) is 0 Å². The Morgan fingerprint density at radius 3 is 2.22 bits per heavy atom. The summed E-state index contributed by atoms with van der Waals surface area (Å²) in [5, 5.41) is 10.5. The molecule has 0 saturated heterocycles. The van der Waals surface area contributed by atoms with Gasteiger partial charge in [0.25, 0.3) is 0 Å². The topological polar surface area (TPSA) is 37.3 Å². The lowest BCUT2D eigenvalue weighted by Gasteiger charge is -2.68. The first kappa shape index (κ1) is 23.0. The molecule has 32 heavy (non-hydrogen) atoms. The molecule has 0 aromatic heterocycles. The van der Waals surface area contributed by atoms with Crippen LogP contribution in [0.5, 0.6) is 0 Å². The third kappa shape index (κ3) is 2.73. The Hall–Kier alpha value is -0.790. The molecular formula is C30H48O2. The Balaban J connectivity index is 1.56. The van der Waals surface area contributed by atoms with Crippen molar-refractivity contribution in [3.8, 4) is 0 Å². The van der Waals surface area contributed by atoms with E-state index in [0.29, 0.717) is 34.0 Å². The molecule has 0 spiro atoms. The van der Waals surface area contributed by atoms with Gasteiger partial charge in [-0.3, -0.25) is 4.79 Å². The van der Waals surface area contributed by atoms with E-state index in [2.05, 4.69) is 54.5 Å². The lowest BCUT2D eigenvalue weighted by Crippen LogP contribution is -2.61. The van der Waals surface area contributed by atoms with Crippen LogP contribution in [-0.4, -0.2) is 11.1 Å². The van der Waals surface area contributed by atoms with Crippen molar-refractivity contribution in [1.29, 1.82) is 0 Å². The maximum Gasteiger partial charge on any atom is 0.310 e. The minimum absolute atomic E-state index is 0.258. The van der Waals surface area contributed by atoms with Gasteiger partial charge in [-0.25, -0.2) is 0 Å². The molecule has 0 aromatic rings. The van der Waals surface area contributed by atoms with Gasteiger partial charge in [-0.15, -0.1) is 0 Å². The van der Waals surface area contributed by atoms with Gasteiger partial charge in [-0.2, -0.15) is 0 Å². The average molecular weight is 441 g/mol. The van der Waals surface area contributed by atoms with E-state index in [-0.39, 0.29) is 5.92 Å². The first-order valence-corrected chi connectivity index (χ1v) is 13.8. The fourth-order valence-corrected chi connectivity index (χ4v) is 10.7. The minimum Gasteiger partial charge on any atom is -0.481 e. The molecule has 8 unspecified atom stereocenters. The highest BCUT2D eigenvalue weighted by atomic mass is 16.4. The summed E-state index contributed by atoms with van der Waals surface area (Å²) in [5.74, 6) is 3.86. The van der Waals surface area contributed by atoms with Crippen molar-refractivity contribution in [3.05, 3.63) is 11.6 Å². The largest absolute Gasteiger partial charge is 0.481 e. The second-order valence-corrected chi connectivity index (χ2v) is 14.3. The van der Waals surface area contributed by atoms with Gasteiger partial charge < -0.3 is 5.11 Å². The summed E-state index contributed by atoms with van der Waals surface area (Å²) < 4.78 is 0. The summed E-state index contributed by atoms with van der Waals surface area (Å²) in [7, 11) is 0. The second-order valence-electron chi connectivity index (χ2n) is 14.3. The van der Waals surface area contributed by atoms with Gasteiger partial charge in [-0.1, -0.05) is 60.1 Å². The van der Waals surface area contributed by atoms with Crippen LogP contribution in [0.25, 0.3) is 0 Å². The van der Waals surface area contributed by atoms with Crippen LogP contribution in [0.1, 0.15) is 106 Å². The predicted molar refractivity (Wildman–Crippen MR) is 131 cm³/mol. The van der Waals surface area contributed by atoms with Crippen molar-refractivity contribution in [2.45, 2.75) is 106 Å². The zero-order chi connectivity index (χ0) is 23.3. The number of carboxylic acid groups (broad SMARTS) is 1. The number of aliphatic carboxylic acids is 1. The Bertz CT molecular complexity index is 825. The Morgan fingerprint density at radius 2 is 1.53 bits per heavy atom. The highest BCUT2D eigenvalue weighted by Crippen LogP contribution is 2.72. The number of hydrogen-bond acceptors (Lipinski definition) is 1. The first-order valence-electron chi connectivity index (χ1n) is 13.8. The van der Waals surface area contributed by atoms with Crippen LogP contribution >= 0.6 is 0 Å². The van der Waals surface area contributed by atoms with Gasteiger partial charge in [0, 0.05) is 0 Å². The summed E-state index contributed by atoms with van der Waals surface area (Å²) in [4.78, 5) is 12.7. The number of carboxylic acids is 1. The van der Waals surface area contributed by atoms with Crippen molar-refractivity contribution in [1.82, 2.24) is 0 Å². The van der Waals surface area contributed by atoms with E-state index in [0.717, 1.165) is 43.4 Å². The molecule has 4 fully saturated rings. The minimum atomic E-state index is -0.508. The van der Waals surface area contributed by atoms with Crippen LogP contribution in [0.15, 0.2) is 11.6 Å². The van der Waals surface area contributed by atoms with Gasteiger partial charge >= 0.3 is 5.97 Å². The van der Waals surface area contributed by atoms with E-state index in [1.165, 1.54) is 32.1 Å². The van der Waals surface area contributed by atoms with E-state index < -0.39 is 11.4 Å². The highest BCUT2D eigenvalue weighted by Gasteiger charge is 2.65. The molecule has 180 valence electrons. The summed E-state index contributed by atoms with van der Waals surface area (Å²) in [6.07, 6.45) is 13.2. The molecule has 5 aliphatic carbocycles. The lowest BCUT2D eigenvalue weighted by atomic mass is 9.36. The van der Waals surface area contributed by atoms with Gasteiger partial charge in [0.2, 0.25) is 0 Å². The fourth-order valence-electron chi connectivity index (χ4n) is 10.7. The van der Waals surface area contributed by atoms with E-state index in [1.54, 1.807) is 5.57 Å². The monoisotopic (exact) mass is 440 g/mol. The third-order valence-corrected chi connectivity index (χ3v) is 13.2. The Labute approximate surface area is 197 Å². The fraction of sp³-hybridized carbons (Fsp3) is 0.900. The quantitative estimate of drug-likeness (QED) is 0.420. The van der Waals surface area contributed by atoms with E-state index in [4.69, 9.17) is 0 Å². The molecule has 0 heterocycles. The molecule has 10 atom stereocenters. The van der Waals surface area contributed by atoms with Crippen LogP contribution < -0.4 is 0 Å². The van der Waals surface area contributed by atoms with Crippen molar-refractivity contribution in [2.24, 2.45) is 63.1 Å². The standard InChI is InChI=1S/C30H48O2/c1-18-10-16-30(26(31)32)17-12-22-21(25(30)20(18)3)8-9-24-28(22,6)15-13-23-27(4,5)19(2)11-14-29(23,24)7/h8,18-20,22-25H,9-17H2,1-7H3,(H,31,32)/t18?,19?,20-,22?,23?,24?,25?,28?,29?,30-/m0/s1. The maximum absolute atomic E-state index is 12.7. The van der Waals surface area contributed by atoms with E-state index >= 15 is 0 Å². The smallest absolute Gasteiger partial charge is 0.310 e. The Morgan fingerprint density at radius 1 is 0.875 bits per heavy atom. The molecule has 1 N–H and O–H groups in total. The zero-order valence-corrected chi connectivity index (χ0v) is 21.8. The Kier molecular flexibility index (Phi) is 5.10. The number of hydrogen-bond donors (Lipinski definition) is 1. The van der Waals surface area contributed by atoms with Crippen molar-refractivity contribution >= 4 is 5.97 Å². The molecular weight excluding hydrogens is 392 g/mol. The summed E-state index contributed by atoms with van der Waals surface area (Å²) in [6.45, 7) is 17.6. The number of allylic oxidation sites excluding steroid dienone is 2. The van der Waals surface area contributed by atoms with Crippen LogP contribution in [0, 0.1) is 63.1 Å². The average Bonchev–Trinajstić information content (AvgIpc) is 2.73. The first-order chi connectivity index (χ1) is 14.9. The number of fused-ring (bicyclic) bond motifs is 7. The predicted octanol–water partition coefficient (Wildman–Crippen LogP) is 7.97. The molecule has 0 amide bonds. The second kappa shape index (κ2) is 7.11.